The predicted octanol–water partition coefficient (Wildman–Crippen LogP) is 1.18. The first-order chi connectivity index (χ1) is 8.80. The highest BCUT2D eigenvalue weighted by molar-refractivity contribution is 5.73. The van der Waals surface area contributed by atoms with Gasteiger partial charge in [-0.2, -0.15) is 13.2 Å². The van der Waals surface area contributed by atoms with Gasteiger partial charge in [-0.05, 0) is 12.1 Å². The van der Waals surface area contributed by atoms with Gasteiger partial charge < -0.3 is 15.5 Å². The van der Waals surface area contributed by atoms with Crippen LogP contribution in [0.4, 0.5) is 23.8 Å². The number of hydrogen-bond donors (Lipinski definition) is 2. The van der Waals surface area contributed by atoms with Crippen molar-refractivity contribution in [1.29, 1.82) is 0 Å². The zero-order valence-electron chi connectivity index (χ0n) is 10.5. The van der Waals surface area contributed by atoms with E-state index in [0.717, 1.165) is 6.07 Å². The quantitative estimate of drug-likeness (QED) is 0.811. The van der Waals surface area contributed by atoms with E-state index in [9.17, 15) is 18.0 Å². The molecule has 0 aliphatic heterocycles. The standard InChI is InChI=1S/C10H14F3N5O/c1-18(2)9(19)15-6-5-14-8-4-3-7(16-17-8)10(11,12)13/h3-4H,5-6H2,1-2H3,(H,14,17)(H,15,19). The molecule has 0 aliphatic carbocycles. The number of urea groups is 1. The number of carbonyl (C=O) groups is 1. The third kappa shape index (κ3) is 4.98. The largest absolute Gasteiger partial charge is 0.435 e. The fourth-order valence-corrected chi connectivity index (χ4v) is 1.10. The molecule has 6 nitrogen and oxygen atoms in total. The molecule has 0 saturated carbocycles. The minimum Gasteiger partial charge on any atom is -0.367 e. The summed E-state index contributed by atoms with van der Waals surface area (Å²) in [5.41, 5.74) is -1.04. The number of nitrogens with zero attached hydrogens (tertiary/aromatic N) is 3. The van der Waals surface area contributed by atoms with Crippen LogP contribution in [0.15, 0.2) is 12.1 Å². The molecule has 1 aromatic rings. The smallest absolute Gasteiger partial charge is 0.367 e. The van der Waals surface area contributed by atoms with E-state index in [4.69, 9.17) is 0 Å². The molecule has 1 rings (SSSR count). The van der Waals surface area contributed by atoms with Crippen molar-refractivity contribution < 1.29 is 18.0 Å². The molecular formula is C10H14F3N5O. The van der Waals surface area contributed by atoms with Crippen molar-refractivity contribution in [3.05, 3.63) is 17.8 Å². The first-order valence-corrected chi connectivity index (χ1v) is 5.40. The van der Waals surface area contributed by atoms with Gasteiger partial charge in [-0.25, -0.2) is 4.79 Å². The summed E-state index contributed by atoms with van der Waals surface area (Å²) < 4.78 is 36.6. The molecule has 0 atom stereocenters. The highest BCUT2D eigenvalue weighted by Gasteiger charge is 2.32. The van der Waals surface area contributed by atoms with Gasteiger partial charge in [0.15, 0.2) is 5.69 Å². The number of carbonyl (C=O) groups excluding carboxylic acids is 1. The van der Waals surface area contributed by atoms with Gasteiger partial charge in [0.05, 0.1) is 0 Å². The van der Waals surface area contributed by atoms with E-state index >= 15 is 0 Å². The Bertz CT molecular complexity index is 418. The average molecular weight is 277 g/mol. The summed E-state index contributed by atoms with van der Waals surface area (Å²) in [6.07, 6.45) is -4.49. The second-order valence-corrected chi connectivity index (χ2v) is 3.85. The maximum absolute atomic E-state index is 12.2. The van der Waals surface area contributed by atoms with E-state index in [-0.39, 0.29) is 11.8 Å². The number of hydrogen-bond acceptors (Lipinski definition) is 4. The first-order valence-electron chi connectivity index (χ1n) is 5.40. The fourth-order valence-electron chi connectivity index (χ4n) is 1.10. The molecule has 0 radical (unpaired) electrons. The van der Waals surface area contributed by atoms with Crippen molar-refractivity contribution in [3.63, 3.8) is 0 Å². The van der Waals surface area contributed by atoms with Crippen LogP contribution < -0.4 is 10.6 Å². The molecule has 0 bridgehead atoms. The van der Waals surface area contributed by atoms with Crippen LogP contribution in [-0.2, 0) is 6.18 Å². The summed E-state index contributed by atoms with van der Waals surface area (Å²) in [7, 11) is 3.20. The average Bonchev–Trinajstić information content (AvgIpc) is 2.33. The lowest BCUT2D eigenvalue weighted by Crippen LogP contribution is -2.37. The molecule has 1 heterocycles. The van der Waals surface area contributed by atoms with Gasteiger partial charge in [0.25, 0.3) is 0 Å². The fraction of sp³-hybridized carbons (Fsp3) is 0.500. The van der Waals surface area contributed by atoms with E-state index in [1.807, 2.05) is 0 Å². The van der Waals surface area contributed by atoms with Crippen LogP contribution in [0.5, 0.6) is 0 Å². The van der Waals surface area contributed by atoms with Crippen LogP contribution in [0.25, 0.3) is 0 Å². The monoisotopic (exact) mass is 277 g/mol. The van der Waals surface area contributed by atoms with Crippen molar-refractivity contribution in [1.82, 2.24) is 20.4 Å². The zero-order chi connectivity index (χ0) is 14.5. The van der Waals surface area contributed by atoms with Crippen molar-refractivity contribution >= 4 is 11.8 Å². The Labute approximate surface area is 108 Å². The third-order valence-corrected chi connectivity index (χ3v) is 2.07. The molecular weight excluding hydrogens is 263 g/mol. The molecule has 0 unspecified atom stereocenters. The van der Waals surface area contributed by atoms with Gasteiger partial charge in [0.1, 0.15) is 5.82 Å². The van der Waals surface area contributed by atoms with Gasteiger partial charge in [0, 0.05) is 27.2 Å². The van der Waals surface area contributed by atoms with Crippen molar-refractivity contribution in [3.8, 4) is 0 Å². The summed E-state index contributed by atoms with van der Waals surface area (Å²) in [5.74, 6) is 0.215. The molecule has 0 spiro atoms. The summed E-state index contributed by atoms with van der Waals surface area (Å²) >= 11 is 0. The second kappa shape index (κ2) is 6.21. The molecule has 0 saturated heterocycles. The minimum atomic E-state index is -4.49. The number of aromatic nitrogens is 2. The van der Waals surface area contributed by atoms with Crippen LogP contribution in [0.2, 0.25) is 0 Å². The summed E-state index contributed by atoms with van der Waals surface area (Å²) in [6.45, 7) is 0.652. The van der Waals surface area contributed by atoms with Gasteiger partial charge >= 0.3 is 12.2 Å². The Kier molecular flexibility index (Phi) is 4.90. The lowest BCUT2D eigenvalue weighted by atomic mass is 10.4. The van der Waals surface area contributed by atoms with Gasteiger partial charge in [-0.1, -0.05) is 0 Å². The molecule has 106 valence electrons. The maximum Gasteiger partial charge on any atom is 0.435 e. The highest BCUT2D eigenvalue weighted by atomic mass is 19.4. The van der Waals surface area contributed by atoms with E-state index in [1.165, 1.54) is 11.0 Å². The normalized spacial score (nSPS) is 11.0. The predicted molar refractivity (Wildman–Crippen MR) is 62.6 cm³/mol. The van der Waals surface area contributed by atoms with Crippen LogP contribution in [0.3, 0.4) is 0 Å². The Morgan fingerprint density at radius 2 is 1.95 bits per heavy atom. The number of rotatable bonds is 4. The number of halogens is 3. The second-order valence-electron chi connectivity index (χ2n) is 3.85. The van der Waals surface area contributed by atoms with Crippen molar-refractivity contribution in [2.75, 3.05) is 32.5 Å². The Morgan fingerprint density at radius 1 is 1.26 bits per heavy atom. The molecule has 1 aromatic heterocycles. The SMILES string of the molecule is CN(C)C(=O)NCCNc1ccc(C(F)(F)F)nn1. The number of anilines is 1. The molecule has 0 fully saturated rings. The Hall–Kier alpha value is -2.06. The maximum atomic E-state index is 12.2. The van der Waals surface area contributed by atoms with E-state index in [2.05, 4.69) is 20.8 Å². The zero-order valence-corrected chi connectivity index (χ0v) is 10.5. The molecule has 2 amide bonds. The highest BCUT2D eigenvalue weighted by Crippen LogP contribution is 2.26. The molecule has 2 N–H and O–H groups in total. The molecule has 9 heteroatoms. The van der Waals surface area contributed by atoms with Gasteiger partial charge in [-0.15, -0.1) is 10.2 Å². The summed E-state index contributed by atoms with van der Waals surface area (Å²) in [6, 6.07) is 1.78. The van der Waals surface area contributed by atoms with Crippen LogP contribution in [0.1, 0.15) is 5.69 Å². The van der Waals surface area contributed by atoms with E-state index in [0.29, 0.717) is 13.1 Å². The van der Waals surface area contributed by atoms with Crippen LogP contribution >= 0.6 is 0 Å². The summed E-state index contributed by atoms with van der Waals surface area (Å²) in [5, 5.41) is 11.8. The Morgan fingerprint density at radius 3 is 2.42 bits per heavy atom. The molecule has 0 aromatic carbocycles. The van der Waals surface area contributed by atoms with Gasteiger partial charge in [-0.3, -0.25) is 0 Å². The molecule has 19 heavy (non-hydrogen) atoms. The minimum absolute atomic E-state index is 0.215. The van der Waals surface area contributed by atoms with E-state index in [1.54, 1.807) is 14.1 Å². The van der Waals surface area contributed by atoms with Gasteiger partial charge in [0.2, 0.25) is 0 Å². The van der Waals surface area contributed by atoms with Crippen LogP contribution in [-0.4, -0.2) is 48.3 Å². The van der Waals surface area contributed by atoms with Crippen molar-refractivity contribution in [2.24, 2.45) is 0 Å². The topological polar surface area (TPSA) is 70.2 Å². The number of nitrogens with one attached hydrogen (secondary N) is 2. The lowest BCUT2D eigenvalue weighted by Gasteiger charge is -2.12. The lowest BCUT2D eigenvalue weighted by molar-refractivity contribution is -0.141. The number of alkyl halides is 3. The van der Waals surface area contributed by atoms with E-state index < -0.39 is 11.9 Å². The first kappa shape index (κ1) is 15.0. The number of amides is 2. The third-order valence-electron chi connectivity index (χ3n) is 2.07. The Balaban J connectivity index is 2.37. The van der Waals surface area contributed by atoms with Crippen molar-refractivity contribution in [2.45, 2.75) is 6.18 Å². The van der Waals surface area contributed by atoms with Crippen LogP contribution in [0, 0.1) is 0 Å². The summed E-state index contributed by atoms with van der Waals surface area (Å²) in [4.78, 5) is 12.5. The molecule has 0 aliphatic rings.